The molecule has 1 aliphatic heterocycles. The van der Waals surface area contributed by atoms with Crippen LogP contribution in [0.15, 0.2) is 23.4 Å². The fourth-order valence-corrected chi connectivity index (χ4v) is 3.52. The van der Waals surface area contributed by atoms with E-state index in [9.17, 15) is 8.42 Å². The highest BCUT2D eigenvalue weighted by molar-refractivity contribution is 7.92. The maximum absolute atomic E-state index is 12.2. The number of hydrogen-bond acceptors (Lipinski definition) is 5. The van der Waals surface area contributed by atoms with Gasteiger partial charge in [-0.1, -0.05) is 0 Å². The van der Waals surface area contributed by atoms with Crippen molar-refractivity contribution in [1.82, 2.24) is 4.98 Å². The minimum atomic E-state index is -3.41. The van der Waals surface area contributed by atoms with E-state index in [4.69, 9.17) is 10.5 Å². The van der Waals surface area contributed by atoms with Crippen molar-refractivity contribution < 1.29 is 13.2 Å². The van der Waals surface area contributed by atoms with E-state index in [1.54, 1.807) is 12.1 Å². The molecule has 0 spiro atoms. The molecule has 1 aromatic rings. The summed E-state index contributed by atoms with van der Waals surface area (Å²) in [6.45, 7) is 0.966. The first-order valence-corrected chi connectivity index (χ1v) is 6.69. The molecule has 0 unspecified atom stereocenters. The van der Waals surface area contributed by atoms with Crippen LogP contribution in [-0.2, 0) is 14.6 Å². The average molecular weight is 242 g/mol. The summed E-state index contributed by atoms with van der Waals surface area (Å²) in [6.07, 6.45) is 2.47. The zero-order valence-electron chi connectivity index (χ0n) is 8.80. The molecule has 0 atom stereocenters. The third-order valence-electron chi connectivity index (χ3n) is 2.68. The Kier molecular flexibility index (Phi) is 3.11. The number of nitrogens with two attached hydrogens (primary N) is 1. The van der Waals surface area contributed by atoms with Gasteiger partial charge in [0.25, 0.3) is 0 Å². The summed E-state index contributed by atoms with van der Waals surface area (Å²) in [6, 6.07) is 3.18. The van der Waals surface area contributed by atoms with Gasteiger partial charge in [-0.25, -0.2) is 13.4 Å². The molecule has 2 heterocycles. The van der Waals surface area contributed by atoms with Crippen LogP contribution >= 0.6 is 0 Å². The Balaban J connectivity index is 2.35. The zero-order valence-corrected chi connectivity index (χ0v) is 9.61. The van der Waals surface area contributed by atoms with E-state index in [0.29, 0.717) is 26.1 Å². The predicted molar refractivity (Wildman–Crippen MR) is 59.7 cm³/mol. The van der Waals surface area contributed by atoms with Crippen LogP contribution in [0.25, 0.3) is 0 Å². The molecule has 1 fully saturated rings. The van der Waals surface area contributed by atoms with Crippen LogP contribution < -0.4 is 5.73 Å². The Hall–Kier alpha value is -1.14. The molecule has 5 nitrogen and oxygen atoms in total. The first kappa shape index (κ1) is 11.3. The van der Waals surface area contributed by atoms with Gasteiger partial charge in [-0.2, -0.15) is 0 Å². The van der Waals surface area contributed by atoms with Gasteiger partial charge in [-0.15, -0.1) is 0 Å². The van der Waals surface area contributed by atoms with Gasteiger partial charge in [-0.3, -0.25) is 0 Å². The van der Waals surface area contributed by atoms with Crippen LogP contribution in [0.2, 0.25) is 0 Å². The molecule has 2 N–H and O–H groups in total. The lowest BCUT2D eigenvalue weighted by molar-refractivity contribution is 0.0983. The highest BCUT2D eigenvalue weighted by Crippen LogP contribution is 2.25. The van der Waals surface area contributed by atoms with E-state index in [0.717, 1.165) is 0 Å². The lowest BCUT2D eigenvalue weighted by Gasteiger charge is -2.22. The largest absolute Gasteiger partial charge is 0.396 e. The molecular weight excluding hydrogens is 228 g/mol. The summed E-state index contributed by atoms with van der Waals surface area (Å²) >= 11 is 0. The Bertz CT molecular complexity index is 467. The second-order valence-corrected chi connectivity index (χ2v) is 5.90. The van der Waals surface area contributed by atoms with Crippen molar-refractivity contribution in [2.24, 2.45) is 0 Å². The Morgan fingerprint density at radius 1 is 1.38 bits per heavy atom. The lowest BCUT2D eigenvalue weighted by atomic mass is 10.2. The summed E-state index contributed by atoms with van der Waals surface area (Å²) in [5.74, 6) is 0. The van der Waals surface area contributed by atoms with Crippen LogP contribution in [0, 0.1) is 0 Å². The van der Waals surface area contributed by atoms with Gasteiger partial charge < -0.3 is 10.5 Å². The van der Waals surface area contributed by atoms with Gasteiger partial charge in [0.2, 0.25) is 9.84 Å². The third kappa shape index (κ3) is 2.03. The first-order valence-electron chi connectivity index (χ1n) is 5.14. The second kappa shape index (κ2) is 4.39. The number of ether oxygens (including phenoxy) is 1. The van der Waals surface area contributed by atoms with Crippen molar-refractivity contribution in [3.05, 3.63) is 18.3 Å². The number of pyridine rings is 1. The fourth-order valence-electron chi connectivity index (χ4n) is 1.79. The predicted octanol–water partition coefficient (Wildman–Crippen LogP) is 0.616. The van der Waals surface area contributed by atoms with Crippen molar-refractivity contribution >= 4 is 15.5 Å². The van der Waals surface area contributed by atoms with Crippen molar-refractivity contribution in [2.45, 2.75) is 23.1 Å². The van der Waals surface area contributed by atoms with E-state index >= 15 is 0 Å². The summed E-state index contributed by atoms with van der Waals surface area (Å²) in [4.78, 5) is 3.87. The monoisotopic (exact) mass is 242 g/mol. The van der Waals surface area contributed by atoms with E-state index < -0.39 is 15.1 Å². The molecule has 0 aromatic carbocycles. The van der Waals surface area contributed by atoms with Crippen molar-refractivity contribution in [1.29, 1.82) is 0 Å². The normalized spacial score (nSPS) is 18.5. The van der Waals surface area contributed by atoms with Crippen LogP contribution in [0.4, 0.5) is 5.69 Å². The smallest absolute Gasteiger partial charge is 0.200 e. The first-order chi connectivity index (χ1) is 7.62. The minimum absolute atomic E-state index is 0.00176. The van der Waals surface area contributed by atoms with Crippen molar-refractivity contribution in [3.8, 4) is 0 Å². The van der Waals surface area contributed by atoms with Gasteiger partial charge in [0.05, 0.1) is 10.9 Å². The summed E-state index contributed by atoms with van der Waals surface area (Å²) in [5, 5.41) is -0.416. The Morgan fingerprint density at radius 2 is 2.06 bits per heavy atom. The molecule has 1 aromatic heterocycles. The molecule has 88 valence electrons. The van der Waals surface area contributed by atoms with Gasteiger partial charge >= 0.3 is 0 Å². The third-order valence-corrected chi connectivity index (χ3v) is 4.91. The Morgan fingerprint density at radius 3 is 2.69 bits per heavy atom. The molecule has 0 bridgehead atoms. The van der Waals surface area contributed by atoms with E-state index in [-0.39, 0.29) is 10.7 Å². The fraction of sp³-hybridized carbons (Fsp3) is 0.500. The van der Waals surface area contributed by atoms with Gasteiger partial charge in [0.1, 0.15) is 0 Å². The molecule has 16 heavy (non-hydrogen) atoms. The molecule has 0 saturated carbocycles. The number of aromatic nitrogens is 1. The number of hydrogen-bond donors (Lipinski definition) is 1. The maximum atomic E-state index is 12.2. The van der Waals surface area contributed by atoms with E-state index in [1.807, 2.05) is 0 Å². The Labute approximate surface area is 94.5 Å². The van der Waals surface area contributed by atoms with Gasteiger partial charge in [-0.05, 0) is 25.0 Å². The molecule has 0 aliphatic carbocycles. The summed E-state index contributed by atoms with van der Waals surface area (Å²) in [7, 11) is -3.41. The zero-order chi connectivity index (χ0) is 11.6. The number of sulfone groups is 1. The molecular formula is C10H14N2O3S. The van der Waals surface area contributed by atoms with Crippen LogP contribution in [0.3, 0.4) is 0 Å². The van der Waals surface area contributed by atoms with Crippen molar-refractivity contribution in [2.75, 3.05) is 18.9 Å². The van der Waals surface area contributed by atoms with Crippen LogP contribution in [-0.4, -0.2) is 31.9 Å². The molecule has 1 aliphatic rings. The van der Waals surface area contributed by atoms with Crippen LogP contribution in [0.5, 0.6) is 0 Å². The average Bonchev–Trinajstić information content (AvgIpc) is 2.30. The van der Waals surface area contributed by atoms with Gasteiger partial charge in [0, 0.05) is 19.4 Å². The molecule has 2 rings (SSSR count). The molecule has 1 saturated heterocycles. The molecule has 0 radical (unpaired) electrons. The molecule has 6 heteroatoms. The van der Waals surface area contributed by atoms with Gasteiger partial charge in [0.15, 0.2) is 5.03 Å². The number of nitrogens with zero attached hydrogens (tertiary/aromatic N) is 1. The summed E-state index contributed by atoms with van der Waals surface area (Å²) < 4.78 is 29.6. The second-order valence-electron chi connectivity index (χ2n) is 3.75. The highest BCUT2D eigenvalue weighted by atomic mass is 32.2. The lowest BCUT2D eigenvalue weighted by Crippen LogP contribution is -2.30. The standard InChI is InChI=1S/C10H14N2O3S/c11-9-2-1-5-12-10(9)16(13,14)8-3-6-15-7-4-8/h1-2,5,8H,3-4,6-7,11H2. The number of nitrogen functional groups attached to an aromatic ring is 1. The summed E-state index contributed by atoms with van der Waals surface area (Å²) in [5.41, 5.74) is 5.86. The minimum Gasteiger partial charge on any atom is -0.396 e. The molecule has 0 amide bonds. The maximum Gasteiger partial charge on any atom is 0.200 e. The van der Waals surface area contributed by atoms with Crippen LogP contribution in [0.1, 0.15) is 12.8 Å². The quantitative estimate of drug-likeness (QED) is 0.822. The number of rotatable bonds is 2. The topological polar surface area (TPSA) is 82.3 Å². The van der Waals surface area contributed by atoms with E-state index in [2.05, 4.69) is 4.98 Å². The number of anilines is 1. The van der Waals surface area contributed by atoms with E-state index in [1.165, 1.54) is 6.20 Å². The SMILES string of the molecule is Nc1cccnc1S(=O)(=O)C1CCOCC1. The highest BCUT2D eigenvalue weighted by Gasteiger charge is 2.31. The van der Waals surface area contributed by atoms with Crippen molar-refractivity contribution in [3.63, 3.8) is 0 Å².